The highest BCUT2D eigenvalue weighted by Crippen LogP contribution is 2.34. The molecule has 1 aliphatic heterocycles. The topological polar surface area (TPSA) is 99.7 Å². The van der Waals surface area contributed by atoms with Crippen molar-refractivity contribution in [2.75, 3.05) is 18.0 Å². The first kappa shape index (κ1) is 24.6. The third-order valence-electron chi connectivity index (χ3n) is 6.21. The van der Waals surface area contributed by atoms with Crippen LogP contribution in [0, 0.1) is 5.82 Å². The highest BCUT2D eigenvalue weighted by Gasteiger charge is 2.38. The van der Waals surface area contributed by atoms with Gasteiger partial charge in [-0.25, -0.2) is 19.0 Å². The first-order valence-corrected chi connectivity index (χ1v) is 11.7. The first-order chi connectivity index (χ1) is 17.8. The minimum atomic E-state index is -4.68. The third-order valence-corrected chi connectivity index (χ3v) is 6.21. The molecule has 4 heterocycles. The van der Waals surface area contributed by atoms with Crippen molar-refractivity contribution in [3.63, 3.8) is 0 Å². The van der Waals surface area contributed by atoms with Crippen LogP contribution in [0.25, 0.3) is 5.69 Å². The number of tetrazole rings is 1. The first-order valence-electron chi connectivity index (χ1n) is 11.7. The summed E-state index contributed by atoms with van der Waals surface area (Å²) in [5, 5.41) is 14.5. The zero-order valence-electron chi connectivity index (χ0n) is 19.8. The van der Waals surface area contributed by atoms with Crippen LogP contribution in [-0.4, -0.2) is 53.0 Å². The lowest BCUT2D eigenvalue weighted by Crippen LogP contribution is -2.36. The number of nitrogens with zero attached hydrogens (tertiary/aromatic N) is 9. The smallest absolute Gasteiger partial charge is 0.435 e. The number of alkyl halides is 3. The maximum atomic E-state index is 14.5. The van der Waals surface area contributed by atoms with Gasteiger partial charge in [-0.05, 0) is 47.4 Å². The molecule has 1 aromatic carbocycles. The Morgan fingerprint density at radius 2 is 1.86 bits per heavy atom. The summed E-state index contributed by atoms with van der Waals surface area (Å²) in [4.78, 5) is 10.8. The number of aromatic nitrogens is 8. The van der Waals surface area contributed by atoms with E-state index in [2.05, 4.69) is 30.6 Å². The highest BCUT2D eigenvalue weighted by molar-refractivity contribution is 5.38. The molecule has 37 heavy (non-hydrogen) atoms. The van der Waals surface area contributed by atoms with Crippen molar-refractivity contribution in [3.8, 4) is 11.4 Å². The van der Waals surface area contributed by atoms with Crippen LogP contribution in [0.4, 0.5) is 23.5 Å². The van der Waals surface area contributed by atoms with Gasteiger partial charge in [-0.2, -0.15) is 18.3 Å². The number of aryl methyl sites for hydroxylation is 1. The second kappa shape index (κ2) is 10.1. The summed E-state index contributed by atoms with van der Waals surface area (Å²) in [7, 11) is 0. The summed E-state index contributed by atoms with van der Waals surface area (Å²) in [6, 6.07) is 3.71. The Morgan fingerprint density at radius 1 is 1.11 bits per heavy atom. The quantitative estimate of drug-likeness (QED) is 0.342. The molecule has 4 aromatic rings. The molecule has 0 unspecified atom stereocenters. The maximum absolute atomic E-state index is 14.5. The minimum Gasteiger partial charge on any atom is -0.486 e. The Balaban J connectivity index is 1.27. The van der Waals surface area contributed by atoms with E-state index in [-0.39, 0.29) is 17.4 Å². The fourth-order valence-electron chi connectivity index (χ4n) is 4.17. The molecule has 14 heteroatoms. The van der Waals surface area contributed by atoms with Gasteiger partial charge in [0.2, 0.25) is 5.95 Å². The van der Waals surface area contributed by atoms with E-state index in [4.69, 9.17) is 4.74 Å². The second-order valence-electron chi connectivity index (χ2n) is 8.60. The molecule has 0 spiro atoms. The molecule has 0 N–H and O–H groups in total. The van der Waals surface area contributed by atoms with Gasteiger partial charge in [-0.3, -0.25) is 4.68 Å². The molecule has 0 atom stereocenters. The molecule has 0 saturated carbocycles. The summed E-state index contributed by atoms with van der Waals surface area (Å²) in [5.74, 6) is -0.343. The predicted octanol–water partition coefficient (Wildman–Crippen LogP) is 3.79. The molecule has 0 amide bonds. The maximum Gasteiger partial charge on any atom is 0.435 e. The van der Waals surface area contributed by atoms with E-state index in [0.717, 1.165) is 18.1 Å². The number of halogens is 4. The zero-order valence-corrected chi connectivity index (χ0v) is 19.8. The molecule has 0 radical (unpaired) electrons. The van der Waals surface area contributed by atoms with Crippen LogP contribution < -0.4 is 9.64 Å². The Bertz CT molecular complexity index is 1330. The van der Waals surface area contributed by atoms with Crippen LogP contribution in [0.1, 0.15) is 42.6 Å². The molecule has 0 bridgehead atoms. The Kier molecular flexibility index (Phi) is 6.72. The number of hydrogen-bond acceptors (Lipinski definition) is 8. The molecule has 5 rings (SSSR count). The zero-order chi connectivity index (χ0) is 26.0. The molecule has 3 aromatic heterocycles. The van der Waals surface area contributed by atoms with E-state index < -0.39 is 24.3 Å². The van der Waals surface area contributed by atoms with Gasteiger partial charge < -0.3 is 9.64 Å². The Hall–Kier alpha value is -4.10. The van der Waals surface area contributed by atoms with Crippen molar-refractivity contribution in [2.24, 2.45) is 0 Å². The van der Waals surface area contributed by atoms with E-state index in [1.807, 2.05) is 11.8 Å². The van der Waals surface area contributed by atoms with E-state index in [0.29, 0.717) is 37.6 Å². The van der Waals surface area contributed by atoms with Crippen molar-refractivity contribution in [3.05, 3.63) is 65.8 Å². The normalized spacial score (nSPS) is 14.8. The molecule has 10 nitrogen and oxygen atoms in total. The van der Waals surface area contributed by atoms with Crippen molar-refractivity contribution in [1.29, 1.82) is 0 Å². The minimum absolute atomic E-state index is 0.169. The van der Waals surface area contributed by atoms with Gasteiger partial charge in [0.25, 0.3) is 0 Å². The second-order valence-corrected chi connectivity index (χ2v) is 8.60. The SMILES string of the molecule is CCc1cnc(N2CCC(n3cc(COc4ccc(-n5cnnn5)cc4F)c(C(F)(F)F)n3)CC2)nc1. The van der Waals surface area contributed by atoms with Gasteiger partial charge >= 0.3 is 6.18 Å². The lowest BCUT2D eigenvalue weighted by Gasteiger charge is -2.32. The number of anilines is 1. The standard InChI is InChI=1S/C23H23F4N9O/c1-2-15-10-28-22(29-11-15)34-7-5-17(6-8-34)35-12-16(21(31-35)23(25,26)27)13-37-20-4-3-18(9-19(20)24)36-14-30-32-33-36/h3-4,9-12,14,17H,2,5-8,13H2,1H3. The van der Waals surface area contributed by atoms with Gasteiger partial charge in [-0.15, -0.1) is 5.10 Å². The lowest BCUT2D eigenvalue weighted by molar-refractivity contribution is -0.142. The van der Waals surface area contributed by atoms with Crippen LogP contribution in [0.2, 0.25) is 0 Å². The largest absolute Gasteiger partial charge is 0.486 e. The van der Waals surface area contributed by atoms with Gasteiger partial charge in [-0.1, -0.05) is 6.92 Å². The molecule has 194 valence electrons. The van der Waals surface area contributed by atoms with Gasteiger partial charge in [0, 0.05) is 43.3 Å². The number of piperidine rings is 1. The molecule has 0 aliphatic carbocycles. The van der Waals surface area contributed by atoms with Gasteiger partial charge in [0.05, 0.1) is 11.7 Å². The van der Waals surface area contributed by atoms with Gasteiger partial charge in [0.1, 0.15) is 12.9 Å². The van der Waals surface area contributed by atoms with E-state index in [9.17, 15) is 17.6 Å². The molecule has 1 saturated heterocycles. The fourth-order valence-corrected chi connectivity index (χ4v) is 4.17. The number of rotatable bonds is 7. The van der Waals surface area contributed by atoms with E-state index in [1.165, 1.54) is 34.0 Å². The fraction of sp³-hybridized carbons (Fsp3) is 0.391. The molecule has 1 aliphatic rings. The molecular weight excluding hydrogens is 494 g/mol. The Labute approximate surface area is 208 Å². The van der Waals surface area contributed by atoms with Gasteiger partial charge in [0.15, 0.2) is 17.3 Å². The van der Waals surface area contributed by atoms with Crippen LogP contribution >= 0.6 is 0 Å². The summed E-state index contributed by atoms with van der Waals surface area (Å²) in [6.45, 7) is 2.70. The summed E-state index contributed by atoms with van der Waals surface area (Å²) in [6.07, 6.45) is 3.51. The predicted molar refractivity (Wildman–Crippen MR) is 123 cm³/mol. The van der Waals surface area contributed by atoms with Crippen molar-refractivity contribution in [1.82, 2.24) is 40.0 Å². The van der Waals surface area contributed by atoms with Crippen LogP contribution in [-0.2, 0) is 19.2 Å². The Morgan fingerprint density at radius 3 is 2.49 bits per heavy atom. The van der Waals surface area contributed by atoms with Crippen LogP contribution in [0.3, 0.4) is 0 Å². The van der Waals surface area contributed by atoms with Crippen LogP contribution in [0.15, 0.2) is 43.1 Å². The highest BCUT2D eigenvalue weighted by atomic mass is 19.4. The average molecular weight is 517 g/mol. The summed E-state index contributed by atoms with van der Waals surface area (Å²) in [5.41, 5.74) is 0.168. The van der Waals surface area contributed by atoms with E-state index >= 15 is 0 Å². The van der Waals surface area contributed by atoms with Crippen LogP contribution in [0.5, 0.6) is 5.75 Å². The monoisotopic (exact) mass is 517 g/mol. The van der Waals surface area contributed by atoms with Crippen molar-refractivity contribution < 1.29 is 22.3 Å². The summed E-state index contributed by atoms with van der Waals surface area (Å²) >= 11 is 0. The molecular formula is C23H23F4N9O. The lowest BCUT2D eigenvalue weighted by atomic mass is 10.1. The van der Waals surface area contributed by atoms with Crippen molar-refractivity contribution in [2.45, 2.75) is 45.0 Å². The number of ether oxygens (including phenoxy) is 1. The number of hydrogen-bond donors (Lipinski definition) is 0. The van der Waals surface area contributed by atoms with E-state index in [1.54, 1.807) is 12.4 Å². The average Bonchev–Trinajstić information content (AvgIpc) is 3.59. The number of benzene rings is 1. The van der Waals surface area contributed by atoms with Crippen molar-refractivity contribution >= 4 is 5.95 Å². The summed E-state index contributed by atoms with van der Waals surface area (Å²) < 4.78 is 63.7. The third kappa shape index (κ3) is 5.37. The molecule has 1 fully saturated rings.